The maximum atomic E-state index is 12.7. The molecule has 0 aliphatic rings. The zero-order valence-corrected chi connectivity index (χ0v) is 16.3. The first kappa shape index (κ1) is 21.4. The van der Waals surface area contributed by atoms with Crippen molar-refractivity contribution in [1.82, 2.24) is 9.62 Å². The first-order valence-corrected chi connectivity index (χ1v) is 10.1. The van der Waals surface area contributed by atoms with Gasteiger partial charge in [0.2, 0.25) is 15.9 Å². The van der Waals surface area contributed by atoms with Crippen LogP contribution in [0.4, 0.5) is 5.69 Å². The van der Waals surface area contributed by atoms with Crippen LogP contribution in [0.25, 0.3) is 0 Å². The highest BCUT2D eigenvalue weighted by Gasteiger charge is 2.23. The van der Waals surface area contributed by atoms with Crippen molar-refractivity contribution in [1.29, 1.82) is 0 Å². The van der Waals surface area contributed by atoms with Crippen LogP contribution in [-0.4, -0.2) is 51.9 Å². The Balaban J connectivity index is 3.10. The first-order valence-electron chi connectivity index (χ1n) is 8.62. The molecule has 0 atom stereocenters. The Labute approximate surface area is 150 Å². The largest absolute Gasteiger partial charge is 0.492 e. The van der Waals surface area contributed by atoms with E-state index in [0.717, 1.165) is 6.54 Å². The topological polar surface area (TPSA) is 87.7 Å². The van der Waals surface area contributed by atoms with Gasteiger partial charge in [-0.3, -0.25) is 4.79 Å². The van der Waals surface area contributed by atoms with E-state index in [2.05, 4.69) is 10.6 Å². The molecule has 8 heteroatoms. The fourth-order valence-electron chi connectivity index (χ4n) is 2.40. The summed E-state index contributed by atoms with van der Waals surface area (Å²) in [5.41, 5.74) is 0.379. The lowest BCUT2D eigenvalue weighted by Crippen LogP contribution is -2.30. The summed E-state index contributed by atoms with van der Waals surface area (Å²) in [6, 6.07) is 4.56. The minimum atomic E-state index is -3.60. The van der Waals surface area contributed by atoms with E-state index in [1.165, 1.54) is 16.4 Å². The Morgan fingerprint density at radius 2 is 1.88 bits per heavy atom. The lowest BCUT2D eigenvalue weighted by Gasteiger charge is -2.20. The van der Waals surface area contributed by atoms with Crippen molar-refractivity contribution in [2.75, 3.05) is 38.6 Å². The summed E-state index contributed by atoms with van der Waals surface area (Å²) in [7, 11) is -1.77. The Bertz CT molecular complexity index is 658. The summed E-state index contributed by atoms with van der Waals surface area (Å²) in [5.74, 6) is 0.288. The third-order valence-electron chi connectivity index (χ3n) is 3.70. The number of rotatable bonds is 11. The molecule has 0 aliphatic carbocycles. The number of hydrogen-bond acceptors (Lipinski definition) is 5. The number of amides is 1. The maximum absolute atomic E-state index is 12.7. The second kappa shape index (κ2) is 10.4. The van der Waals surface area contributed by atoms with Crippen LogP contribution < -0.4 is 15.4 Å². The highest BCUT2D eigenvalue weighted by molar-refractivity contribution is 7.89. The number of ether oxygens (including phenoxy) is 1. The Morgan fingerprint density at radius 1 is 1.20 bits per heavy atom. The Hall–Kier alpha value is -1.64. The van der Waals surface area contributed by atoms with Crippen molar-refractivity contribution >= 4 is 21.6 Å². The third-order valence-corrected chi connectivity index (χ3v) is 5.74. The molecule has 0 radical (unpaired) electrons. The SMILES string of the molecule is CCOc1ccc(S(=O)(=O)N(CC)CC)cc1NC(=O)CCCNC. The number of benzene rings is 1. The summed E-state index contributed by atoms with van der Waals surface area (Å²) < 4.78 is 32.2. The Morgan fingerprint density at radius 3 is 2.44 bits per heavy atom. The van der Waals surface area contributed by atoms with Gasteiger partial charge >= 0.3 is 0 Å². The lowest BCUT2D eigenvalue weighted by molar-refractivity contribution is -0.116. The minimum Gasteiger partial charge on any atom is -0.492 e. The van der Waals surface area contributed by atoms with Gasteiger partial charge in [0.05, 0.1) is 17.2 Å². The number of sulfonamides is 1. The van der Waals surface area contributed by atoms with E-state index in [-0.39, 0.29) is 10.8 Å². The predicted molar refractivity (Wildman–Crippen MR) is 99.5 cm³/mol. The number of nitrogens with one attached hydrogen (secondary N) is 2. The number of hydrogen-bond donors (Lipinski definition) is 2. The predicted octanol–water partition coefficient (Wildman–Crippen LogP) is 2.05. The number of carbonyl (C=O) groups excluding carboxylic acids is 1. The van der Waals surface area contributed by atoms with E-state index in [9.17, 15) is 13.2 Å². The highest BCUT2D eigenvalue weighted by atomic mass is 32.2. The van der Waals surface area contributed by atoms with Crippen LogP contribution in [0.15, 0.2) is 23.1 Å². The number of carbonyl (C=O) groups is 1. The van der Waals surface area contributed by atoms with Gasteiger partial charge in [0.25, 0.3) is 0 Å². The molecule has 25 heavy (non-hydrogen) atoms. The molecule has 0 fully saturated rings. The van der Waals surface area contributed by atoms with Crippen LogP contribution in [0.5, 0.6) is 5.75 Å². The van der Waals surface area contributed by atoms with Gasteiger partial charge < -0.3 is 15.4 Å². The van der Waals surface area contributed by atoms with Gasteiger partial charge in [0.15, 0.2) is 0 Å². The third kappa shape index (κ3) is 5.98. The van der Waals surface area contributed by atoms with Crippen LogP contribution in [0, 0.1) is 0 Å². The van der Waals surface area contributed by atoms with Crippen LogP contribution in [0.3, 0.4) is 0 Å². The van der Waals surface area contributed by atoms with Crippen molar-refractivity contribution in [3.8, 4) is 5.75 Å². The molecule has 0 saturated carbocycles. The first-order chi connectivity index (χ1) is 11.9. The molecule has 0 heterocycles. The molecule has 1 rings (SSSR count). The zero-order valence-electron chi connectivity index (χ0n) is 15.5. The molecular formula is C17H29N3O4S. The standard InChI is InChI=1S/C17H29N3O4S/c1-5-20(6-2)25(22,23)14-10-11-16(24-7-3)15(13-14)19-17(21)9-8-12-18-4/h10-11,13,18H,5-9,12H2,1-4H3,(H,19,21). The molecule has 2 N–H and O–H groups in total. The second-order valence-electron chi connectivity index (χ2n) is 5.44. The maximum Gasteiger partial charge on any atom is 0.243 e. The summed E-state index contributed by atoms with van der Waals surface area (Å²) in [4.78, 5) is 12.2. The summed E-state index contributed by atoms with van der Waals surface area (Å²) >= 11 is 0. The molecule has 1 amide bonds. The molecular weight excluding hydrogens is 342 g/mol. The average molecular weight is 372 g/mol. The van der Waals surface area contributed by atoms with Crippen molar-refractivity contribution in [2.45, 2.75) is 38.5 Å². The van der Waals surface area contributed by atoms with E-state index in [1.54, 1.807) is 19.9 Å². The van der Waals surface area contributed by atoms with E-state index < -0.39 is 10.0 Å². The van der Waals surface area contributed by atoms with E-state index in [0.29, 0.717) is 44.0 Å². The monoisotopic (exact) mass is 371 g/mol. The molecule has 0 aliphatic heterocycles. The van der Waals surface area contributed by atoms with Crippen molar-refractivity contribution in [3.05, 3.63) is 18.2 Å². The van der Waals surface area contributed by atoms with Gasteiger partial charge in [-0.25, -0.2) is 8.42 Å². The zero-order chi connectivity index (χ0) is 18.9. The molecule has 0 saturated heterocycles. The lowest BCUT2D eigenvalue weighted by atomic mass is 10.2. The quantitative estimate of drug-likeness (QED) is 0.581. The number of anilines is 1. The highest BCUT2D eigenvalue weighted by Crippen LogP contribution is 2.29. The smallest absolute Gasteiger partial charge is 0.243 e. The van der Waals surface area contributed by atoms with Crippen LogP contribution in [-0.2, 0) is 14.8 Å². The molecule has 1 aromatic carbocycles. The molecule has 0 bridgehead atoms. The van der Waals surface area contributed by atoms with Gasteiger partial charge in [0, 0.05) is 19.5 Å². The van der Waals surface area contributed by atoms with Gasteiger partial charge in [-0.15, -0.1) is 0 Å². The normalized spacial score (nSPS) is 11.6. The van der Waals surface area contributed by atoms with E-state index >= 15 is 0 Å². The average Bonchev–Trinajstić information content (AvgIpc) is 2.57. The van der Waals surface area contributed by atoms with Crippen molar-refractivity contribution in [2.24, 2.45) is 0 Å². The minimum absolute atomic E-state index is 0.144. The number of nitrogens with zero attached hydrogens (tertiary/aromatic N) is 1. The van der Waals surface area contributed by atoms with E-state index in [4.69, 9.17) is 4.74 Å². The van der Waals surface area contributed by atoms with Gasteiger partial charge in [-0.2, -0.15) is 4.31 Å². The van der Waals surface area contributed by atoms with Gasteiger partial charge in [0.1, 0.15) is 5.75 Å². The molecule has 0 aromatic heterocycles. The molecule has 0 spiro atoms. The van der Waals surface area contributed by atoms with Gasteiger partial charge in [-0.1, -0.05) is 13.8 Å². The fraction of sp³-hybridized carbons (Fsp3) is 0.588. The van der Waals surface area contributed by atoms with Crippen molar-refractivity contribution in [3.63, 3.8) is 0 Å². The van der Waals surface area contributed by atoms with Crippen LogP contribution in [0.2, 0.25) is 0 Å². The molecule has 7 nitrogen and oxygen atoms in total. The molecule has 1 aromatic rings. The Kier molecular flexibility index (Phi) is 8.88. The van der Waals surface area contributed by atoms with Crippen molar-refractivity contribution < 1.29 is 17.9 Å². The summed E-state index contributed by atoms with van der Waals surface area (Å²) in [6.07, 6.45) is 1.04. The fourth-order valence-corrected chi connectivity index (χ4v) is 3.88. The molecule has 142 valence electrons. The van der Waals surface area contributed by atoms with E-state index in [1.807, 2.05) is 14.0 Å². The van der Waals surface area contributed by atoms with Crippen LogP contribution >= 0.6 is 0 Å². The van der Waals surface area contributed by atoms with Crippen LogP contribution in [0.1, 0.15) is 33.6 Å². The summed E-state index contributed by atoms with van der Waals surface area (Å²) in [6.45, 7) is 7.35. The summed E-state index contributed by atoms with van der Waals surface area (Å²) in [5, 5.41) is 5.75. The molecule has 0 unspecified atom stereocenters. The van der Waals surface area contributed by atoms with Gasteiger partial charge in [-0.05, 0) is 45.1 Å². The second-order valence-corrected chi connectivity index (χ2v) is 7.37.